The Balaban J connectivity index is 1.98. The Kier molecular flexibility index (Phi) is 4.40. The minimum atomic E-state index is -0.0184. The molecule has 1 amide bonds. The maximum Gasteiger partial charge on any atom is 0.251 e. The molecule has 2 aromatic rings. The molecule has 0 saturated carbocycles. The molecule has 1 aromatic heterocycles. The number of amides is 1. The highest BCUT2D eigenvalue weighted by Gasteiger charge is 2.06. The van der Waals surface area contributed by atoms with Gasteiger partial charge >= 0.3 is 0 Å². The quantitative estimate of drug-likeness (QED) is 0.815. The second kappa shape index (κ2) is 5.84. The Hall–Kier alpha value is -0.880. The lowest BCUT2D eigenvalue weighted by Crippen LogP contribution is -2.22. The molecule has 94 valence electrons. The van der Waals surface area contributed by atoms with Crippen LogP contribution in [0.25, 0.3) is 0 Å². The zero-order valence-corrected chi connectivity index (χ0v) is 13.3. The number of hydrogen-bond acceptors (Lipinski definition) is 2. The lowest BCUT2D eigenvalue weighted by molar-refractivity contribution is 0.0951. The Morgan fingerprint density at radius 3 is 2.50 bits per heavy atom. The summed E-state index contributed by atoms with van der Waals surface area (Å²) in [5.41, 5.74) is 2.00. The van der Waals surface area contributed by atoms with E-state index in [4.69, 9.17) is 0 Å². The van der Waals surface area contributed by atoms with Gasteiger partial charge in [0.25, 0.3) is 5.91 Å². The summed E-state index contributed by atoms with van der Waals surface area (Å²) in [6.07, 6.45) is 0. The summed E-state index contributed by atoms with van der Waals surface area (Å²) in [5, 5.41) is 2.94. The molecule has 4 heteroatoms. The second-order valence-electron chi connectivity index (χ2n) is 4.14. The highest BCUT2D eigenvalue weighted by atomic mass is 127. The van der Waals surface area contributed by atoms with Crippen LogP contribution in [0.3, 0.4) is 0 Å². The number of benzene rings is 1. The van der Waals surface area contributed by atoms with Crippen molar-refractivity contribution in [2.24, 2.45) is 0 Å². The van der Waals surface area contributed by atoms with Crippen molar-refractivity contribution in [2.75, 3.05) is 0 Å². The van der Waals surface area contributed by atoms with E-state index < -0.39 is 0 Å². The predicted octanol–water partition coefficient (Wildman–Crippen LogP) is 3.90. The first-order chi connectivity index (χ1) is 8.56. The third-order valence-corrected chi connectivity index (χ3v) is 4.62. The molecule has 0 spiro atoms. The van der Waals surface area contributed by atoms with Gasteiger partial charge in [0.2, 0.25) is 0 Å². The first-order valence-corrected chi connectivity index (χ1v) is 7.55. The van der Waals surface area contributed by atoms with Crippen LogP contribution < -0.4 is 5.32 Å². The highest BCUT2D eigenvalue weighted by molar-refractivity contribution is 14.1. The van der Waals surface area contributed by atoms with Crippen LogP contribution in [0.2, 0.25) is 0 Å². The molecule has 0 bridgehead atoms. The maximum absolute atomic E-state index is 11.9. The van der Waals surface area contributed by atoms with Gasteiger partial charge in [-0.1, -0.05) is 0 Å². The van der Waals surface area contributed by atoms with Crippen LogP contribution >= 0.6 is 33.9 Å². The normalized spacial score (nSPS) is 10.4. The number of rotatable bonds is 3. The van der Waals surface area contributed by atoms with E-state index in [9.17, 15) is 4.79 Å². The summed E-state index contributed by atoms with van der Waals surface area (Å²) in [5.74, 6) is -0.0184. The lowest BCUT2D eigenvalue weighted by Gasteiger charge is -2.03. The molecule has 0 fully saturated rings. The average Bonchev–Trinajstić information content (AvgIpc) is 2.67. The third-order valence-electron chi connectivity index (χ3n) is 2.75. The Morgan fingerprint density at radius 2 is 1.94 bits per heavy atom. The van der Waals surface area contributed by atoms with Gasteiger partial charge in [-0.05, 0) is 72.3 Å². The summed E-state index contributed by atoms with van der Waals surface area (Å²) >= 11 is 3.96. The monoisotopic (exact) mass is 371 g/mol. The van der Waals surface area contributed by atoms with E-state index in [1.807, 2.05) is 24.3 Å². The van der Waals surface area contributed by atoms with Crippen molar-refractivity contribution < 1.29 is 4.79 Å². The Morgan fingerprint density at radius 1 is 1.28 bits per heavy atom. The second-order valence-corrected chi connectivity index (χ2v) is 6.73. The standard InChI is InChI=1S/C14H14INOS/c1-9-7-13(18-10(9)2)8-16-14(17)11-3-5-12(15)6-4-11/h3-7H,8H2,1-2H3,(H,16,17). The summed E-state index contributed by atoms with van der Waals surface area (Å²) in [6.45, 7) is 4.80. The van der Waals surface area contributed by atoms with E-state index in [1.54, 1.807) is 11.3 Å². The van der Waals surface area contributed by atoms with Crippen LogP contribution in [-0.2, 0) is 6.54 Å². The van der Waals surface area contributed by atoms with Crippen LogP contribution in [0.15, 0.2) is 30.3 Å². The molecule has 2 nitrogen and oxygen atoms in total. The molecule has 0 aliphatic rings. The Labute approximate surface area is 125 Å². The van der Waals surface area contributed by atoms with Crippen LogP contribution in [-0.4, -0.2) is 5.91 Å². The van der Waals surface area contributed by atoms with Gasteiger partial charge in [-0.15, -0.1) is 11.3 Å². The van der Waals surface area contributed by atoms with Gasteiger partial charge in [0.15, 0.2) is 0 Å². The average molecular weight is 371 g/mol. The van der Waals surface area contributed by atoms with Gasteiger partial charge in [0, 0.05) is 18.9 Å². The van der Waals surface area contributed by atoms with Gasteiger partial charge in [-0.25, -0.2) is 0 Å². The number of nitrogens with one attached hydrogen (secondary N) is 1. The van der Waals surface area contributed by atoms with Gasteiger partial charge < -0.3 is 5.32 Å². The fourth-order valence-corrected chi connectivity index (χ4v) is 2.96. The topological polar surface area (TPSA) is 29.1 Å². The zero-order valence-electron chi connectivity index (χ0n) is 10.3. The number of halogens is 1. The van der Waals surface area contributed by atoms with E-state index in [1.165, 1.54) is 15.3 Å². The van der Waals surface area contributed by atoms with Crippen LogP contribution in [0.5, 0.6) is 0 Å². The fraction of sp³-hybridized carbons (Fsp3) is 0.214. The number of thiophene rings is 1. The number of carbonyl (C=O) groups excluding carboxylic acids is 1. The van der Waals surface area contributed by atoms with Crippen molar-refractivity contribution in [1.29, 1.82) is 0 Å². The molecule has 1 heterocycles. The van der Waals surface area contributed by atoms with E-state index in [0.717, 1.165) is 3.57 Å². The summed E-state index contributed by atoms with van der Waals surface area (Å²) in [6, 6.07) is 9.71. The highest BCUT2D eigenvalue weighted by Crippen LogP contribution is 2.20. The van der Waals surface area contributed by atoms with E-state index >= 15 is 0 Å². The molecule has 1 aromatic carbocycles. The lowest BCUT2D eigenvalue weighted by atomic mass is 10.2. The molecule has 0 aliphatic heterocycles. The van der Waals surface area contributed by atoms with Crippen molar-refractivity contribution in [3.8, 4) is 0 Å². The molecule has 1 N–H and O–H groups in total. The molecule has 2 rings (SSSR count). The smallest absolute Gasteiger partial charge is 0.251 e. The third kappa shape index (κ3) is 3.32. The predicted molar refractivity (Wildman–Crippen MR) is 84.1 cm³/mol. The summed E-state index contributed by atoms with van der Waals surface area (Å²) < 4.78 is 1.13. The summed E-state index contributed by atoms with van der Waals surface area (Å²) in [7, 11) is 0. The minimum absolute atomic E-state index is 0.0184. The van der Waals surface area contributed by atoms with Gasteiger partial charge in [-0.3, -0.25) is 4.79 Å². The number of aryl methyl sites for hydroxylation is 2. The van der Waals surface area contributed by atoms with Crippen molar-refractivity contribution in [1.82, 2.24) is 5.32 Å². The summed E-state index contributed by atoms with van der Waals surface area (Å²) in [4.78, 5) is 14.4. The number of hydrogen-bond donors (Lipinski definition) is 1. The largest absolute Gasteiger partial charge is 0.347 e. The van der Waals surface area contributed by atoms with Crippen molar-refractivity contribution in [3.05, 3.63) is 54.8 Å². The Bertz CT molecular complexity index is 540. The maximum atomic E-state index is 11.9. The molecule has 0 aliphatic carbocycles. The first-order valence-electron chi connectivity index (χ1n) is 5.66. The van der Waals surface area contributed by atoms with Crippen molar-refractivity contribution in [2.45, 2.75) is 20.4 Å². The van der Waals surface area contributed by atoms with E-state index in [-0.39, 0.29) is 5.91 Å². The molecule has 0 atom stereocenters. The minimum Gasteiger partial charge on any atom is -0.347 e. The zero-order chi connectivity index (χ0) is 13.1. The molecular weight excluding hydrogens is 357 g/mol. The van der Waals surface area contributed by atoms with Crippen LogP contribution in [0.4, 0.5) is 0 Å². The molecule has 0 saturated heterocycles. The van der Waals surface area contributed by atoms with Crippen molar-refractivity contribution in [3.63, 3.8) is 0 Å². The van der Waals surface area contributed by atoms with Crippen LogP contribution in [0, 0.1) is 17.4 Å². The SMILES string of the molecule is Cc1cc(CNC(=O)c2ccc(I)cc2)sc1C. The number of carbonyl (C=O) groups is 1. The van der Waals surface area contributed by atoms with E-state index in [0.29, 0.717) is 12.1 Å². The van der Waals surface area contributed by atoms with Gasteiger partial charge in [0.1, 0.15) is 0 Å². The first kappa shape index (κ1) is 13.5. The molecule has 0 radical (unpaired) electrons. The fourth-order valence-electron chi connectivity index (χ4n) is 1.61. The van der Waals surface area contributed by atoms with Gasteiger partial charge in [0.05, 0.1) is 6.54 Å². The van der Waals surface area contributed by atoms with Crippen LogP contribution in [0.1, 0.15) is 25.7 Å². The van der Waals surface area contributed by atoms with E-state index in [2.05, 4.69) is 47.8 Å². The molecular formula is C14H14INOS. The molecule has 18 heavy (non-hydrogen) atoms. The molecule has 0 unspecified atom stereocenters. The van der Waals surface area contributed by atoms with Gasteiger partial charge in [-0.2, -0.15) is 0 Å². The van der Waals surface area contributed by atoms with Crippen molar-refractivity contribution >= 4 is 39.8 Å².